The van der Waals surface area contributed by atoms with E-state index in [0.29, 0.717) is 0 Å². The van der Waals surface area contributed by atoms with Crippen molar-refractivity contribution in [3.63, 3.8) is 0 Å². The zero-order valence-electron chi connectivity index (χ0n) is 8.26. The Labute approximate surface area is 74.6 Å². The molecule has 0 spiro atoms. The molecule has 4 heteroatoms. The first-order chi connectivity index (χ1) is 5.40. The van der Waals surface area contributed by atoms with Crippen molar-refractivity contribution >= 4 is 13.8 Å². The first-order valence-corrected chi connectivity index (χ1v) is 7.89. The van der Waals surface area contributed by atoms with Crippen molar-refractivity contribution in [3.05, 3.63) is 11.9 Å². The first kappa shape index (κ1) is 9.32. The fraction of sp³-hybridized carbons (Fsp3) is 0.625. The second-order valence-electron chi connectivity index (χ2n) is 4.40. The fourth-order valence-corrected chi connectivity index (χ4v) is 2.29. The molecule has 0 bridgehead atoms. The lowest BCUT2D eigenvalue weighted by Crippen LogP contribution is -2.29. The Balaban J connectivity index is 2.83. The predicted octanol–water partition coefficient (Wildman–Crippen LogP) is 1.65. The summed E-state index contributed by atoms with van der Waals surface area (Å²) in [7, 11) is -1.07. The van der Waals surface area contributed by atoms with Gasteiger partial charge >= 0.3 is 0 Å². The highest BCUT2D eigenvalue weighted by molar-refractivity contribution is 6.74. The maximum absolute atomic E-state index is 5.69. The molecule has 3 nitrogen and oxygen atoms in total. The molecule has 12 heavy (non-hydrogen) atoms. The van der Waals surface area contributed by atoms with E-state index in [0.717, 1.165) is 17.5 Å². The minimum Gasteiger partial charge on any atom is -0.396 e. The quantitative estimate of drug-likeness (QED) is 0.709. The van der Waals surface area contributed by atoms with Crippen LogP contribution in [0.25, 0.3) is 0 Å². The van der Waals surface area contributed by atoms with Gasteiger partial charge in [0.2, 0.25) is 0 Å². The van der Waals surface area contributed by atoms with Crippen LogP contribution in [-0.2, 0) is 6.17 Å². The topological polar surface area (TPSA) is 43.8 Å². The van der Waals surface area contributed by atoms with E-state index in [2.05, 4.69) is 24.7 Å². The molecular formula is C8H17N3Si. The number of nitrogens with two attached hydrogens (primary N) is 1. The van der Waals surface area contributed by atoms with Crippen LogP contribution in [0.1, 0.15) is 5.69 Å². The van der Waals surface area contributed by atoms with Gasteiger partial charge in [0, 0.05) is 6.17 Å². The normalized spacial score (nSPS) is 12.0. The molecule has 0 radical (unpaired) electrons. The van der Waals surface area contributed by atoms with E-state index in [1.165, 1.54) is 0 Å². The zero-order chi connectivity index (χ0) is 9.35. The van der Waals surface area contributed by atoms with Crippen LogP contribution in [0.4, 0.5) is 5.69 Å². The van der Waals surface area contributed by atoms with E-state index in [1.54, 1.807) is 6.20 Å². The number of rotatable bonds is 2. The zero-order valence-corrected chi connectivity index (χ0v) is 9.26. The van der Waals surface area contributed by atoms with Crippen molar-refractivity contribution in [1.82, 2.24) is 9.78 Å². The molecule has 1 aromatic heterocycles. The molecule has 1 rings (SSSR count). The minimum atomic E-state index is -1.07. The number of nitrogen functional groups attached to an aromatic ring is 1. The molecular weight excluding hydrogens is 166 g/mol. The standard InChI is InChI=1S/C8H17N3Si/c1-7-8(9)5-10-11(7)6-12(2,3)4/h5H,6,9H2,1-4H3. The van der Waals surface area contributed by atoms with Crippen molar-refractivity contribution in [2.24, 2.45) is 0 Å². The van der Waals surface area contributed by atoms with E-state index in [4.69, 9.17) is 5.73 Å². The van der Waals surface area contributed by atoms with Gasteiger partial charge in [0.25, 0.3) is 0 Å². The predicted molar refractivity (Wildman–Crippen MR) is 54.7 cm³/mol. The maximum Gasteiger partial charge on any atom is 0.0730 e. The van der Waals surface area contributed by atoms with E-state index < -0.39 is 8.07 Å². The van der Waals surface area contributed by atoms with Crippen LogP contribution < -0.4 is 5.73 Å². The largest absolute Gasteiger partial charge is 0.396 e. The summed E-state index contributed by atoms with van der Waals surface area (Å²) < 4.78 is 2.02. The third-order valence-electron chi connectivity index (χ3n) is 1.77. The van der Waals surface area contributed by atoms with Crippen molar-refractivity contribution in [1.29, 1.82) is 0 Å². The molecule has 0 aliphatic heterocycles. The summed E-state index contributed by atoms with van der Waals surface area (Å²) >= 11 is 0. The molecule has 0 saturated heterocycles. The molecule has 2 N–H and O–H groups in total. The van der Waals surface area contributed by atoms with Gasteiger partial charge in [0.1, 0.15) is 0 Å². The van der Waals surface area contributed by atoms with Gasteiger partial charge in [0.15, 0.2) is 0 Å². The second-order valence-corrected chi connectivity index (χ2v) is 9.84. The molecule has 1 heterocycles. The van der Waals surface area contributed by atoms with Crippen LogP contribution in [-0.4, -0.2) is 17.9 Å². The lowest BCUT2D eigenvalue weighted by Gasteiger charge is -2.16. The van der Waals surface area contributed by atoms with Crippen LogP contribution in [0.2, 0.25) is 19.6 Å². The average molecular weight is 183 g/mol. The molecule has 0 fully saturated rings. The first-order valence-electron chi connectivity index (χ1n) is 4.18. The molecule has 0 aromatic carbocycles. The molecule has 0 aliphatic carbocycles. The van der Waals surface area contributed by atoms with Gasteiger partial charge in [-0.1, -0.05) is 19.6 Å². The van der Waals surface area contributed by atoms with Crippen molar-refractivity contribution in [2.75, 3.05) is 5.73 Å². The number of aromatic nitrogens is 2. The molecule has 0 unspecified atom stereocenters. The summed E-state index contributed by atoms with van der Waals surface area (Å²) in [5.41, 5.74) is 7.59. The highest BCUT2D eigenvalue weighted by atomic mass is 28.3. The van der Waals surface area contributed by atoms with Crippen molar-refractivity contribution in [3.8, 4) is 0 Å². The Kier molecular flexibility index (Phi) is 2.28. The van der Waals surface area contributed by atoms with Gasteiger partial charge in [-0.05, 0) is 6.92 Å². The summed E-state index contributed by atoms with van der Waals surface area (Å²) in [5, 5.41) is 4.23. The monoisotopic (exact) mass is 183 g/mol. The van der Waals surface area contributed by atoms with Gasteiger partial charge in [-0.3, -0.25) is 4.68 Å². The molecule has 0 saturated carbocycles. The molecule has 68 valence electrons. The summed E-state index contributed by atoms with van der Waals surface area (Å²) in [6, 6.07) is 0. The lowest BCUT2D eigenvalue weighted by atomic mass is 10.4. The number of hydrogen-bond donors (Lipinski definition) is 1. The molecule has 0 amide bonds. The van der Waals surface area contributed by atoms with Crippen LogP contribution >= 0.6 is 0 Å². The lowest BCUT2D eigenvalue weighted by molar-refractivity contribution is 0.701. The highest BCUT2D eigenvalue weighted by Crippen LogP contribution is 2.12. The van der Waals surface area contributed by atoms with E-state index in [1.807, 2.05) is 11.6 Å². The van der Waals surface area contributed by atoms with Crippen LogP contribution in [0, 0.1) is 6.92 Å². The summed E-state index contributed by atoms with van der Waals surface area (Å²) in [5.74, 6) is 0. The van der Waals surface area contributed by atoms with Gasteiger partial charge in [-0.25, -0.2) is 0 Å². The smallest absolute Gasteiger partial charge is 0.0730 e. The van der Waals surface area contributed by atoms with Gasteiger partial charge < -0.3 is 5.73 Å². The van der Waals surface area contributed by atoms with Crippen LogP contribution in [0.5, 0.6) is 0 Å². The van der Waals surface area contributed by atoms with Crippen LogP contribution in [0.15, 0.2) is 6.20 Å². The minimum absolute atomic E-state index is 0.799. The van der Waals surface area contributed by atoms with E-state index >= 15 is 0 Å². The molecule has 1 aromatic rings. The Hall–Kier alpha value is -0.773. The fourth-order valence-electron chi connectivity index (χ4n) is 1.07. The van der Waals surface area contributed by atoms with E-state index in [-0.39, 0.29) is 0 Å². The van der Waals surface area contributed by atoms with Gasteiger partial charge in [0.05, 0.1) is 25.7 Å². The highest BCUT2D eigenvalue weighted by Gasteiger charge is 2.15. The maximum atomic E-state index is 5.69. The molecule has 0 atom stereocenters. The third kappa shape index (κ3) is 2.10. The second kappa shape index (κ2) is 2.93. The summed E-state index contributed by atoms with van der Waals surface area (Å²) in [4.78, 5) is 0. The average Bonchev–Trinajstić information content (AvgIpc) is 2.16. The van der Waals surface area contributed by atoms with Gasteiger partial charge in [-0.15, -0.1) is 0 Å². The number of anilines is 1. The number of nitrogens with zero attached hydrogens (tertiary/aromatic N) is 2. The Morgan fingerprint density at radius 2 is 2.08 bits per heavy atom. The Morgan fingerprint density at radius 1 is 1.50 bits per heavy atom. The van der Waals surface area contributed by atoms with E-state index in [9.17, 15) is 0 Å². The third-order valence-corrected chi connectivity index (χ3v) is 3.01. The van der Waals surface area contributed by atoms with Crippen molar-refractivity contribution < 1.29 is 0 Å². The van der Waals surface area contributed by atoms with Crippen molar-refractivity contribution in [2.45, 2.75) is 32.7 Å². The number of hydrogen-bond acceptors (Lipinski definition) is 2. The SMILES string of the molecule is Cc1c(N)cnn1C[Si](C)(C)C. The Morgan fingerprint density at radius 3 is 2.42 bits per heavy atom. The van der Waals surface area contributed by atoms with Gasteiger partial charge in [-0.2, -0.15) is 5.10 Å². The molecule has 0 aliphatic rings. The summed E-state index contributed by atoms with van der Waals surface area (Å²) in [6.07, 6.45) is 2.78. The Bertz CT molecular complexity index is 272. The summed E-state index contributed by atoms with van der Waals surface area (Å²) in [6.45, 7) is 8.99. The van der Waals surface area contributed by atoms with Crippen LogP contribution in [0.3, 0.4) is 0 Å².